The van der Waals surface area contributed by atoms with Crippen molar-refractivity contribution in [3.05, 3.63) is 86.2 Å². The molecule has 152 valence electrons. The average molecular weight is 673 g/mol. The third kappa shape index (κ3) is 8.22. The van der Waals surface area contributed by atoms with E-state index in [1.807, 2.05) is 72.8 Å². The molecule has 4 nitrogen and oxygen atoms in total. The van der Waals surface area contributed by atoms with Gasteiger partial charge in [0.25, 0.3) is 0 Å². The molecule has 3 rings (SSSR count). The van der Waals surface area contributed by atoms with E-state index in [-0.39, 0.29) is 0 Å². The first kappa shape index (κ1) is 23.7. The summed E-state index contributed by atoms with van der Waals surface area (Å²) in [5, 5.41) is 3.16. The van der Waals surface area contributed by atoms with Crippen molar-refractivity contribution in [2.24, 2.45) is 0 Å². The molecule has 0 aliphatic heterocycles. The molecule has 11 heteroatoms. The van der Waals surface area contributed by atoms with Crippen LogP contribution in [-0.4, -0.2) is 29.3 Å². The van der Waals surface area contributed by atoms with Gasteiger partial charge in [-0.25, -0.2) is 0 Å². The van der Waals surface area contributed by atoms with Gasteiger partial charge in [0.2, 0.25) is 0 Å². The van der Waals surface area contributed by atoms with Crippen molar-refractivity contribution in [3.8, 4) is 0 Å². The van der Waals surface area contributed by atoms with Crippen LogP contribution in [0.5, 0.6) is 0 Å². The zero-order valence-electron chi connectivity index (χ0n) is 15.3. The first-order valence-electron chi connectivity index (χ1n) is 8.69. The van der Waals surface area contributed by atoms with Crippen LogP contribution < -0.4 is 15.6 Å². The summed E-state index contributed by atoms with van der Waals surface area (Å²) in [6.45, 7) is 0. The molecule has 0 bridgehead atoms. The van der Waals surface area contributed by atoms with Gasteiger partial charge in [-0.2, -0.15) is 0 Å². The summed E-state index contributed by atoms with van der Waals surface area (Å²) in [5.41, 5.74) is 0. The number of benzene rings is 3. The molecule has 3 aromatic carbocycles. The third-order valence-corrected chi connectivity index (χ3v) is 15.5. The molecule has 3 aromatic rings. The zero-order chi connectivity index (χ0) is 20.7. The minimum absolute atomic E-state index is 1.00. The van der Waals surface area contributed by atoms with E-state index in [1.165, 1.54) is 0 Å². The van der Waals surface area contributed by atoms with Crippen LogP contribution in [-0.2, 0) is 28.8 Å². The molecular formula is C18H18Br3O4Si3V. The second-order valence-corrected chi connectivity index (χ2v) is 18.0. The van der Waals surface area contributed by atoms with E-state index in [4.69, 9.17) is 10.1 Å². The van der Waals surface area contributed by atoms with Crippen LogP contribution in [0.15, 0.2) is 86.2 Å². The van der Waals surface area contributed by atoms with Crippen molar-refractivity contribution in [2.45, 2.75) is 0 Å². The first-order valence-corrected chi connectivity index (χ1v) is 17.2. The van der Waals surface area contributed by atoms with Gasteiger partial charge >= 0.3 is 208 Å². The second-order valence-electron chi connectivity index (χ2n) is 6.15. The predicted molar refractivity (Wildman–Crippen MR) is 131 cm³/mol. The fourth-order valence-electron chi connectivity index (χ4n) is 2.31. The van der Waals surface area contributed by atoms with Crippen LogP contribution in [0.25, 0.3) is 0 Å². The van der Waals surface area contributed by atoms with E-state index in [0.717, 1.165) is 29.0 Å². The fourth-order valence-corrected chi connectivity index (χ4v) is 13.7. The summed E-state index contributed by atoms with van der Waals surface area (Å²) >= 11 is 5.94. The van der Waals surface area contributed by atoms with Gasteiger partial charge in [-0.3, -0.25) is 0 Å². The molecule has 29 heavy (non-hydrogen) atoms. The van der Waals surface area contributed by atoms with E-state index in [9.17, 15) is 3.67 Å². The summed E-state index contributed by atoms with van der Waals surface area (Å²) in [6, 6.07) is 23.6. The van der Waals surface area contributed by atoms with Crippen molar-refractivity contribution >= 4 is 92.6 Å². The molecule has 0 aromatic heterocycles. The van der Waals surface area contributed by atoms with Crippen molar-refractivity contribution in [1.29, 1.82) is 0 Å². The molecular weight excluding hydrogens is 655 g/mol. The SMILES string of the molecule is [O]=[V]([O][SiH2]c1ccc(Br)cc1)([O][SiH2]c1ccc(Br)cc1)[O][SiH2]c1ccc(Br)cc1. The molecule has 0 radical (unpaired) electrons. The number of hydrogen-bond donors (Lipinski definition) is 0. The Hall–Kier alpha value is 0.0151. The summed E-state index contributed by atoms with van der Waals surface area (Å²) in [7, 11) is -3.67. The maximum absolute atomic E-state index is 13.4. The van der Waals surface area contributed by atoms with Crippen LogP contribution >= 0.6 is 47.8 Å². The Morgan fingerprint density at radius 2 is 0.759 bits per heavy atom. The Labute approximate surface area is 205 Å². The van der Waals surface area contributed by atoms with Crippen molar-refractivity contribution < 1.29 is 28.8 Å². The summed E-state index contributed by atoms with van der Waals surface area (Å²) in [4.78, 5) is 0. The Morgan fingerprint density at radius 1 is 0.517 bits per heavy atom. The monoisotopic (exact) mass is 670 g/mol. The Bertz CT molecular complexity index is 846. The topological polar surface area (TPSA) is 44.8 Å². The summed E-state index contributed by atoms with van der Waals surface area (Å²) in [5.74, 6) is 0. The molecule has 0 amide bonds. The number of halogens is 3. The van der Waals surface area contributed by atoms with Crippen LogP contribution in [0.3, 0.4) is 0 Å². The van der Waals surface area contributed by atoms with Crippen molar-refractivity contribution in [2.75, 3.05) is 0 Å². The van der Waals surface area contributed by atoms with Gasteiger partial charge in [0, 0.05) is 0 Å². The zero-order valence-corrected chi connectivity index (χ0v) is 25.7. The Morgan fingerprint density at radius 3 is 1.00 bits per heavy atom. The van der Waals surface area contributed by atoms with Gasteiger partial charge in [0.1, 0.15) is 0 Å². The van der Waals surface area contributed by atoms with Crippen LogP contribution in [0.4, 0.5) is 0 Å². The number of hydrogen-bond acceptors (Lipinski definition) is 4. The van der Waals surface area contributed by atoms with E-state index in [0.29, 0.717) is 0 Å². The third-order valence-electron chi connectivity index (χ3n) is 3.91. The van der Waals surface area contributed by atoms with Crippen LogP contribution in [0, 0.1) is 0 Å². The quantitative estimate of drug-likeness (QED) is 0.326. The van der Waals surface area contributed by atoms with Crippen molar-refractivity contribution in [1.82, 2.24) is 0 Å². The van der Waals surface area contributed by atoms with Gasteiger partial charge in [-0.15, -0.1) is 0 Å². The molecule has 0 aliphatic rings. The van der Waals surface area contributed by atoms with Gasteiger partial charge in [0.05, 0.1) is 0 Å². The van der Waals surface area contributed by atoms with Gasteiger partial charge in [-0.1, -0.05) is 0 Å². The molecule has 0 fully saturated rings. The van der Waals surface area contributed by atoms with E-state index < -0.39 is 44.3 Å². The molecule has 0 N–H and O–H groups in total. The second kappa shape index (κ2) is 11.6. The average Bonchev–Trinajstić information content (AvgIpc) is 2.73. The number of rotatable bonds is 9. The minimum atomic E-state index is -4.34. The maximum atomic E-state index is 13.4. The van der Waals surface area contributed by atoms with Gasteiger partial charge in [-0.05, 0) is 0 Å². The van der Waals surface area contributed by atoms with E-state index >= 15 is 0 Å². The Balaban J connectivity index is 1.67. The van der Waals surface area contributed by atoms with Crippen LogP contribution in [0.1, 0.15) is 0 Å². The Kier molecular flexibility index (Phi) is 9.45. The van der Waals surface area contributed by atoms with Crippen molar-refractivity contribution in [3.63, 3.8) is 0 Å². The van der Waals surface area contributed by atoms with Gasteiger partial charge in [0.15, 0.2) is 0 Å². The molecule has 0 saturated carbocycles. The predicted octanol–water partition coefficient (Wildman–Crippen LogP) is 1.80. The molecule has 0 heterocycles. The molecule has 0 aliphatic carbocycles. The molecule has 0 atom stereocenters. The fraction of sp³-hybridized carbons (Fsp3) is 0. The molecule has 0 saturated heterocycles. The summed E-state index contributed by atoms with van der Waals surface area (Å²) < 4.78 is 34.1. The van der Waals surface area contributed by atoms with Gasteiger partial charge < -0.3 is 0 Å². The van der Waals surface area contributed by atoms with E-state index in [1.54, 1.807) is 0 Å². The molecule has 0 spiro atoms. The standard InChI is InChI=1S/3C6H6BrOSi.O.V/c3*7-5-1-3-6(9-8)4-2-5;;/h3*1-4H,9H2;;/q3*-1;;+3. The first-order chi connectivity index (χ1) is 13.9. The van der Waals surface area contributed by atoms with E-state index in [2.05, 4.69) is 47.8 Å². The molecule has 0 unspecified atom stereocenters. The normalized spacial score (nSPS) is 14.4. The summed E-state index contributed by atoms with van der Waals surface area (Å²) in [6.07, 6.45) is 0. The van der Waals surface area contributed by atoms with Crippen LogP contribution in [0.2, 0.25) is 0 Å².